The van der Waals surface area contributed by atoms with Crippen LogP contribution in [-0.4, -0.2) is 13.1 Å². The molecule has 0 aliphatic heterocycles. The highest BCUT2D eigenvalue weighted by atomic mass is 79.9. The number of esters is 1. The summed E-state index contributed by atoms with van der Waals surface area (Å²) in [7, 11) is 1.07. The van der Waals surface area contributed by atoms with Gasteiger partial charge in [0.05, 0.1) is 18.2 Å². The largest absolute Gasteiger partial charge is 0.465 e. The average molecular weight is 298 g/mol. The normalized spacial score (nSPS) is 11.3. The fraction of sp³-hybridized carbons (Fsp3) is 0.222. The summed E-state index contributed by atoms with van der Waals surface area (Å²) in [6.07, 6.45) is -4.59. The van der Waals surface area contributed by atoms with Crippen LogP contribution in [0.15, 0.2) is 16.6 Å². The predicted molar refractivity (Wildman–Crippen MR) is 54.9 cm³/mol. The smallest absolute Gasteiger partial charge is 0.417 e. The molecule has 0 bridgehead atoms. The quantitative estimate of drug-likeness (QED) is 0.640. The summed E-state index contributed by atoms with van der Waals surface area (Å²) in [5, 5.41) is 0. The van der Waals surface area contributed by atoms with Gasteiger partial charge < -0.3 is 10.5 Å². The van der Waals surface area contributed by atoms with Crippen LogP contribution in [0.5, 0.6) is 0 Å². The minimum absolute atomic E-state index is 0.157. The second-order valence-electron chi connectivity index (χ2n) is 2.92. The molecule has 0 saturated carbocycles. The van der Waals surface area contributed by atoms with Gasteiger partial charge in [-0.3, -0.25) is 0 Å². The second kappa shape index (κ2) is 4.32. The summed E-state index contributed by atoms with van der Waals surface area (Å²) >= 11 is 2.72. The van der Waals surface area contributed by atoms with Gasteiger partial charge in [0, 0.05) is 10.2 Å². The Hall–Kier alpha value is -1.24. The van der Waals surface area contributed by atoms with Crippen molar-refractivity contribution in [1.29, 1.82) is 0 Å². The van der Waals surface area contributed by atoms with Crippen LogP contribution in [0.1, 0.15) is 15.9 Å². The summed E-state index contributed by atoms with van der Waals surface area (Å²) in [5.74, 6) is -0.885. The van der Waals surface area contributed by atoms with Crippen LogP contribution >= 0.6 is 15.9 Å². The lowest BCUT2D eigenvalue weighted by molar-refractivity contribution is -0.138. The zero-order chi connectivity index (χ0) is 12.5. The number of halogens is 4. The number of carbonyl (C=O) groups is 1. The number of benzene rings is 1. The molecule has 0 fully saturated rings. The molecule has 2 N–H and O–H groups in total. The molecule has 1 aromatic carbocycles. The molecule has 1 rings (SSSR count). The third-order valence-corrected chi connectivity index (χ3v) is 2.66. The minimum Gasteiger partial charge on any atom is -0.465 e. The molecule has 3 nitrogen and oxygen atoms in total. The fourth-order valence-corrected chi connectivity index (χ4v) is 1.73. The van der Waals surface area contributed by atoms with Gasteiger partial charge in [-0.1, -0.05) is 0 Å². The lowest BCUT2D eigenvalue weighted by Gasteiger charge is -2.12. The number of hydrogen-bond acceptors (Lipinski definition) is 3. The van der Waals surface area contributed by atoms with Crippen molar-refractivity contribution in [2.45, 2.75) is 6.18 Å². The van der Waals surface area contributed by atoms with Gasteiger partial charge in [-0.05, 0) is 28.1 Å². The first kappa shape index (κ1) is 12.8. The van der Waals surface area contributed by atoms with E-state index in [0.717, 1.165) is 19.2 Å². The molecule has 0 heterocycles. The Bertz CT molecular complexity index is 431. The Kier molecular flexibility index (Phi) is 3.47. The van der Waals surface area contributed by atoms with Crippen LogP contribution in [0.2, 0.25) is 0 Å². The highest BCUT2D eigenvalue weighted by Gasteiger charge is 2.35. The SMILES string of the molecule is COC(=O)c1cc(N)cc(C(F)(F)F)c1Br. The lowest BCUT2D eigenvalue weighted by atomic mass is 10.1. The van der Waals surface area contributed by atoms with E-state index < -0.39 is 17.7 Å². The first-order valence-electron chi connectivity index (χ1n) is 4.02. The number of carbonyl (C=O) groups excluding carboxylic acids is 1. The highest BCUT2D eigenvalue weighted by molar-refractivity contribution is 9.10. The zero-order valence-corrected chi connectivity index (χ0v) is 9.65. The first-order chi connectivity index (χ1) is 7.27. The molecule has 16 heavy (non-hydrogen) atoms. The van der Waals surface area contributed by atoms with Gasteiger partial charge in [0.25, 0.3) is 0 Å². The summed E-state index contributed by atoms with van der Waals surface area (Å²) < 4.78 is 41.6. The maximum Gasteiger partial charge on any atom is 0.417 e. The van der Waals surface area contributed by atoms with Gasteiger partial charge in [0.2, 0.25) is 0 Å². The molecule has 0 saturated heterocycles. The molecule has 7 heteroatoms. The Labute approximate surface area is 97.5 Å². The number of hydrogen-bond donors (Lipinski definition) is 1. The zero-order valence-electron chi connectivity index (χ0n) is 8.06. The Morgan fingerprint density at radius 2 is 2.00 bits per heavy atom. The monoisotopic (exact) mass is 297 g/mol. The van der Waals surface area contributed by atoms with Crippen LogP contribution in [0.3, 0.4) is 0 Å². The second-order valence-corrected chi connectivity index (χ2v) is 3.71. The van der Waals surface area contributed by atoms with Gasteiger partial charge >= 0.3 is 12.1 Å². The van der Waals surface area contributed by atoms with E-state index in [4.69, 9.17) is 5.73 Å². The Morgan fingerprint density at radius 3 is 2.44 bits per heavy atom. The van der Waals surface area contributed by atoms with E-state index in [1.54, 1.807) is 0 Å². The van der Waals surface area contributed by atoms with Crippen molar-refractivity contribution < 1.29 is 22.7 Å². The van der Waals surface area contributed by atoms with Crippen molar-refractivity contribution in [2.75, 3.05) is 12.8 Å². The van der Waals surface area contributed by atoms with Crippen LogP contribution in [0, 0.1) is 0 Å². The van der Waals surface area contributed by atoms with E-state index in [1.165, 1.54) is 0 Å². The number of methoxy groups -OCH3 is 1. The van der Waals surface area contributed by atoms with Crippen LogP contribution in [0.4, 0.5) is 18.9 Å². The maximum atomic E-state index is 12.5. The van der Waals surface area contributed by atoms with Crippen molar-refractivity contribution in [1.82, 2.24) is 0 Å². The number of ether oxygens (including phenoxy) is 1. The van der Waals surface area contributed by atoms with Crippen molar-refractivity contribution >= 4 is 27.6 Å². The molecule has 0 atom stereocenters. The molecular weight excluding hydrogens is 291 g/mol. The van der Waals surface area contributed by atoms with E-state index >= 15 is 0 Å². The van der Waals surface area contributed by atoms with Gasteiger partial charge in [0.15, 0.2) is 0 Å². The minimum atomic E-state index is -4.59. The Balaban J connectivity index is 3.44. The lowest BCUT2D eigenvalue weighted by Crippen LogP contribution is -2.12. The maximum absolute atomic E-state index is 12.5. The standard InChI is InChI=1S/C9H7BrF3NO2/c1-16-8(15)5-2-4(14)3-6(7(5)10)9(11,12)13/h2-3H,14H2,1H3. The molecule has 88 valence electrons. The predicted octanol–water partition coefficient (Wildman–Crippen LogP) is 2.84. The molecule has 1 aromatic rings. The van der Waals surface area contributed by atoms with Crippen molar-refractivity contribution in [2.24, 2.45) is 0 Å². The molecule has 0 aliphatic rings. The van der Waals surface area contributed by atoms with E-state index in [2.05, 4.69) is 20.7 Å². The number of anilines is 1. The van der Waals surface area contributed by atoms with Crippen LogP contribution in [-0.2, 0) is 10.9 Å². The van der Waals surface area contributed by atoms with E-state index in [-0.39, 0.29) is 15.7 Å². The molecule has 0 radical (unpaired) electrons. The van der Waals surface area contributed by atoms with Crippen molar-refractivity contribution in [3.63, 3.8) is 0 Å². The molecule has 0 unspecified atom stereocenters. The third kappa shape index (κ3) is 2.46. The van der Waals surface area contributed by atoms with Crippen molar-refractivity contribution in [3.05, 3.63) is 27.7 Å². The molecule has 0 aliphatic carbocycles. The molecule has 0 aromatic heterocycles. The van der Waals surface area contributed by atoms with E-state index in [0.29, 0.717) is 0 Å². The van der Waals surface area contributed by atoms with Gasteiger partial charge in [-0.25, -0.2) is 4.79 Å². The molecular formula is C9H7BrF3NO2. The topological polar surface area (TPSA) is 52.3 Å². The highest BCUT2D eigenvalue weighted by Crippen LogP contribution is 2.38. The summed E-state index contributed by atoms with van der Waals surface area (Å²) in [4.78, 5) is 11.2. The van der Waals surface area contributed by atoms with Crippen LogP contribution < -0.4 is 5.73 Å². The van der Waals surface area contributed by atoms with E-state index in [9.17, 15) is 18.0 Å². The summed E-state index contributed by atoms with van der Waals surface area (Å²) in [5.41, 5.74) is 3.87. The van der Waals surface area contributed by atoms with Gasteiger partial charge in [-0.2, -0.15) is 13.2 Å². The molecule has 0 amide bonds. The number of alkyl halides is 3. The first-order valence-corrected chi connectivity index (χ1v) is 4.81. The van der Waals surface area contributed by atoms with E-state index in [1.807, 2.05) is 0 Å². The van der Waals surface area contributed by atoms with Gasteiger partial charge in [-0.15, -0.1) is 0 Å². The number of nitrogens with two attached hydrogens (primary N) is 1. The van der Waals surface area contributed by atoms with Crippen molar-refractivity contribution in [3.8, 4) is 0 Å². The third-order valence-electron chi connectivity index (χ3n) is 1.81. The van der Waals surface area contributed by atoms with Crippen LogP contribution in [0.25, 0.3) is 0 Å². The number of nitrogen functional groups attached to an aromatic ring is 1. The summed E-state index contributed by atoms with van der Waals surface area (Å²) in [6, 6.07) is 1.86. The van der Waals surface area contributed by atoms with Gasteiger partial charge in [0.1, 0.15) is 0 Å². The fourth-order valence-electron chi connectivity index (χ4n) is 1.11. The Morgan fingerprint density at radius 1 is 1.44 bits per heavy atom. The molecule has 0 spiro atoms. The average Bonchev–Trinajstić information content (AvgIpc) is 2.18. The summed E-state index contributed by atoms with van der Waals surface area (Å²) in [6.45, 7) is 0. The number of rotatable bonds is 1.